The lowest BCUT2D eigenvalue weighted by Crippen LogP contribution is -2.50. The molecule has 1 spiro atoms. The molecule has 2 aliphatic heterocycles. The van der Waals surface area contributed by atoms with Gasteiger partial charge in [0, 0.05) is 50.2 Å². The number of hydrogen-bond donors (Lipinski definition) is 0. The minimum atomic E-state index is -0.256. The molecule has 0 bridgehead atoms. The van der Waals surface area contributed by atoms with E-state index >= 15 is 0 Å². The molecule has 2 aromatic rings. The van der Waals surface area contributed by atoms with Crippen molar-refractivity contribution in [2.24, 2.45) is 5.41 Å². The van der Waals surface area contributed by atoms with E-state index in [0.29, 0.717) is 19.0 Å². The summed E-state index contributed by atoms with van der Waals surface area (Å²) in [6.45, 7) is 5.77. The van der Waals surface area contributed by atoms with E-state index in [0.717, 1.165) is 45.6 Å². The fourth-order valence-electron chi connectivity index (χ4n) is 4.22. The second-order valence-electron chi connectivity index (χ2n) is 7.45. The quantitative estimate of drug-likeness (QED) is 0.846. The molecule has 2 aromatic heterocycles. The number of rotatable bonds is 3. The Morgan fingerprint density at radius 3 is 2.85 bits per heavy atom. The number of anilines is 1. The molecule has 0 saturated carbocycles. The van der Waals surface area contributed by atoms with Crippen LogP contribution in [0.4, 0.5) is 10.2 Å². The van der Waals surface area contributed by atoms with Gasteiger partial charge in [-0.05, 0) is 49.2 Å². The lowest BCUT2D eigenvalue weighted by atomic mass is 9.80. The third kappa shape index (κ3) is 3.86. The van der Waals surface area contributed by atoms with Crippen LogP contribution in [-0.4, -0.2) is 54.3 Å². The standard InChI is InChI=1S/C20H25FN4O/c21-18-3-1-7-23-19(18)25-11-12-26-16-20(15-25)6-2-10-24(14-20)13-17-4-8-22-9-5-17/h1,3-5,7-9H,2,6,10-16H2/t20-/m0/s1. The van der Waals surface area contributed by atoms with E-state index < -0.39 is 0 Å². The van der Waals surface area contributed by atoms with Crippen LogP contribution in [0.5, 0.6) is 0 Å². The van der Waals surface area contributed by atoms with Crippen LogP contribution >= 0.6 is 0 Å². The molecule has 4 rings (SSSR count). The van der Waals surface area contributed by atoms with E-state index in [1.54, 1.807) is 12.3 Å². The first-order chi connectivity index (χ1) is 12.7. The molecule has 138 valence electrons. The predicted octanol–water partition coefficient (Wildman–Crippen LogP) is 2.73. The third-order valence-electron chi connectivity index (χ3n) is 5.37. The van der Waals surface area contributed by atoms with Gasteiger partial charge in [0.1, 0.15) is 0 Å². The van der Waals surface area contributed by atoms with Crippen LogP contribution in [0.3, 0.4) is 0 Å². The number of likely N-dealkylation sites (tertiary alicyclic amines) is 1. The predicted molar refractivity (Wildman–Crippen MR) is 98.4 cm³/mol. The normalized spacial score (nSPS) is 24.6. The Balaban J connectivity index is 1.51. The van der Waals surface area contributed by atoms with Gasteiger partial charge in [0.05, 0.1) is 13.2 Å². The molecule has 5 nitrogen and oxygen atoms in total. The number of nitrogens with zero attached hydrogens (tertiary/aromatic N) is 4. The van der Waals surface area contributed by atoms with Gasteiger partial charge >= 0.3 is 0 Å². The highest BCUT2D eigenvalue weighted by atomic mass is 19.1. The average molecular weight is 356 g/mol. The number of hydrogen-bond acceptors (Lipinski definition) is 5. The Hall–Kier alpha value is -2.05. The monoisotopic (exact) mass is 356 g/mol. The molecule has 2 aliphatic rings. The van der Waals surface area contributed by atoms with Gasteiger partial charge in [-0.25, -0.2) is 9.37 Å². The van der Waals surface area contributed by atoms with Gasteiger partial charge in [-0.3, -0.25) is 9.88 Å². The van der Waals surface area contributed by atoms with E-state index in [9.17, 15) is 4.39 Å². The molecule has 4 heterocycles. The molecule has 2 saturated heterocycles. The second kappa shape index (κ2) is 7.68. The van der Waals surface area contributed by atoms with E-state index in [2.05, 4.69) is 31.9 Å². The van der Waals surface area contributed by atoms with Crippen molar-refractivity contribution in [3.05, 3.63) is 54.2 Å². The van der Waals surface area contributed by atoms with Crippen LogP contribution in [-0.2, 0) is 11.3 Å². The topological polar surface area (TPSA) is 41.5 Å². The molecule has 26 heavy (non-hydrogen) atoms. The van der Waals surface area contributed by atoms with Crippen molar-refractivity contribution < 1.29 is 9.13 Å². The van der Waals surface area contributed by atoms with Crippen LogP contribution in [0.2, 0.25) is 0 Å². The molecular weight excluding hydrogens is 331 g/mol. The highest BCUT2D eigenvalue weighted by Gasteiger charge is 2.39. The van der Waals surface area contributed by atoms with Crippen molar-refractivity contribution in [2.45, 2.75) is 19.4 Å². The van der Waals surface area contributed by atoms with Gasteiger partial charge in [-0.2, -0.15) is 0 Å². The van der Waals surface area contributed by atoms with Gasteiger partial charge in [0.2, 0.25) is 0 Å². The molecule has 0 unspecified atom stereocenters. The smallest absolute Gasteiger partial charge is 0.165 e. The summed E-state index contributed by atoms with van der Waals surface area (Å²) in [4.78, 5) is 12.9. The van der Waals surface area contributed by atoms with Gasteiger partial charge in [0.15, 0.2) is 11.6 Å². The van der Waals surface area contributed by atoms with Crippen LogP contribution in [0.25, 0.3) is 0 Å². The summed E-state index contributed by atoms with van der Waals surface area (Å²) >= 11 is 0. The van der Waals surface area contributed by atoms with Crippen LogP contribution in [0.1, 0.15) is 18.4 Å². The summed E-state index contributed by atoms with van der Waals surface area (Å²) in [7, 11) is 0. The Morgan fingerprint density at radius 2 is 2.00 bits per heavy atom. The van der Waals surface area contributed by atoms with E-state index in [1.165, 1.54) is 11.6 Å². The molecule has 0 N–H and O–H groups in total. The maximum Gasteiger partial charge on any atom is 0.165 e. The zero-order valence-electron chi connectivity index (χ0n) is 15.0. The minimum Gasteiger partial charge on any atom is -0.379 e. The second-order valence-corrected chi connectivity index (χ2v) is 7.45. The first-order valence-electron chi connectivity index (χ1n) is 9.29. The minimum absolute atomic E-state index is 0.0196. The summed E-state index contributed by atoms with van der Waals surface area (Å²) in [5.41, 5.74) is 1.30. The van der Waals surface area contributed by atoms with Crippen LogP contribution < -0.4 is 4.90 Å². The molecule has 1 atom stereocenters. The molecule has 0 aliphatic carbocycles. The third-order valence-corrected chi connectivity index (χ3v) is 5.37. The highest BCUT2D eigenvalue weighted by Crippen LogP contribution is 2.35. The summed E-state index contributed by atoms with van der Waals surface area (Å²) in [6, 6.07) is 7.26. The summed E-state index contributed by atoms with van der Waals surface area (Å²) in [5.74, 6) is 0.192. The van der Waals surface area contributed by atoms with E-state index in [-0.39, 0.29) is 11.2 Å². The van der Waals surface area contributed by atoms with E-state index in [1.807, 2.05) is 12.4 Å². The lowest BCUT2D eigenvalue weighted by Gasteiger charge is -2.43. The number of pyridine rings is 2. The number of aromatic nitrogens is 2. The average Bonchev–Trinajstić information content (AvgIpc) is 2.85. The number of piperidine rings is 1. The number of ether oxygens (including phenoxy) is 1. The lowest BCUT2D eigenvalue weighted by molar-refractivity contribution is 0.0106. The summed E-state index contributed by atoms with van der Waals surface area (Å²) in [5, 5.41) is 0. The maximum absolute atomic E-state index is 14.3. The zero-order valence-corrected chi connectivity index (χ0v) is 15.0. The number of halogens is 1. The maximum atomic E-state index is 14.3. The van der Waals surface area contributed by atoms with Gasteiger partial charge in [-0.1, -0.05) is 0 Å². The van der Waals surface area contributed by atoms with Gasteiger partial charge in [0.25, 0.3) is 0 Å². The molecule has 6 heteroatoms. The molecule has 2 fully saturated rings. The summed E-state index contributed by atoms with van der Waals surface area (Å²) < 4.78 is 20.2. The highest BCUT2D eigenvalue weighted by molar-refractivity contribution is 5.40. The van der Waals surface area contributed by atoms with Crippen molar-refractivity contribution in [3.63, 3.8) is 0 Å². The SMILES string of the molecule is Fc1cccnc1N1CCOC[C@]2(CCCN(Cc3ccncc3)C2)C1. The van der Waals surface area contributed by atoms with Crippen molar-refractivity contribution in [1.82, 2.24) is 14.9 Å². The van der Waals surface area contributed by atoms with Crippen molar-refractivity contribution in [3.8, 4) is 0 Å². The van der Waals surface area contributed by atoms with Crippen LogP contribution in [0, 0.1) is 11.2 Å². The summed E-state index contributed by atoms with van der Waals surface area (Å²) in [6.07, 6.45) is 7.58. The first kappa shape index (κ1) is 17.4. The van der Waals surface area contributed by atoms with Crippen molar-refractivity contribution in [1.29, 1.82) is 0 Å². The fourth-order valence-corrected chi connectivity index (χ4v) is 4.22. The van der Waals surface area contributed by atoms with Crippen LogP contribution in [0.15, 0.2) is 42.9 Å². The van der Waals surface area contributed by atoms with Gasteiger partial charge < -0.3 is 9.64 Å². The Bertz CT molecular complexity index is 729. The van der Waals surface area contributed by atoms with Gasteiger partial charge in [-0.15, -0.1) is 0 Å². The fraction of sp³-hybridized carbons (Fsp3) is 0.500. The van der Waals surface area contributed by atoms with Crippen molar-refractivity contribution in [2.75, 3.05) is 44.3 Å². The molecule has 0 radical (unpaired) electrons. The molecule has 0 amide bonds. The van der Waals surface area contributed by atoms with E-state index in [4.69, 9.17) is 4.74 Å². The first-order valence-corrected chi connectivity index (χ1v) is 9.29. The Morgan fingerprint density at radius 1 is 1.12 bits per heavy atom. The largest absolute Gasteiger partial charge is 0.379 e. The molecular formula is C20H25FN4O. The van der Waals surface area contributed by atoms with Crippen molar-refractivity contribution >= 4 is 5.82 Å². The molecule has 0 aromatic carbocycles. The Kier molecular flexibility index (Phi) is 5.13. The zero-order chi connectivity index (χ0) is 17.8. The Labute approximate surface area is 153 Å².